The van der Waals surface area contributed by atoms with Crippen LogP contribution in [-0.2, 0) is 0 Å². The van der Waals surface area contributed by atoms with Crippen molar-refractivity contribution in [3.8, 4) is 0 Å². The predicted octanol–water partition coefficient (Wildman–Crippen LogP) is 4.65. The molecule has 1 unspecified atom stereocenters. The van der Waals surface area contributed by atoms with Crippen LogP contribution in [0.2, 0.25) is 0 Å². The molecule has 0 fully saturated rings. The Balaban J connectivity index is 2.31. The van der Waals surface area contributed by atoms with Crippen LogP contribution in [0.5, 0.6) is 0 Å². The number of anilines is 2. The summed E-state index contributed by atoms with van der Waals surface area (Å²) in [6, 6.07) is 15.2. The summed E-state index contributed by atoms with van der Waals surface area (Å²) in [6.45, 7) is 5.30. The summed E-state index contributed by atoms with van der Waals surface area (Å²) < 4.78 is 13.4. The molecule has 0 bridgehead atoms. The smallest absolute Gasteiger partial charge is 0.125 e. The third-order valence-corrected chi connectivity index (χ3v) is 3.66. The maximum atomic E-state index is 13.4. The highest BCUT2D eigenvalue weighted by molar-refractivity contribution is 5.66. The van der Waals surface area contributed by atoms with Gasteiger partial charge >= 0.3 is 0 Å². The lowest BCUT2D eigenvalue weighted by atomic mass is 10.0. The average Bonchev–Trinajstić information content (AvgIpc) is 2.52. The van der Waals surface area contributed by atoms with Crippen LogP contribution in [0, 0.1) is 5.82 Å². The maximum Gasteiger partial charge on any atom is 0.125 e. The van der Waals surface area contributed by atoms with E-state index in [1.54, 1.807) is 12.1 Å². The van der Waals surface area contributed by atoms with Gasteiger partial charge < -0.3 is 10.2 Å². The third-order valence-electron chi connectivity index (χ3n) is 3.66. The van der Waals surface area contributed by atoms with Crippen LogP contribution >= 0.6 is 0 Å². The van der Waals surface area contributed by atoms with E-state index in [2.05, 4.69) is 31.3 Å². The monoisotopic (exact) mass is 286 g/mol. The van der Waals surface area contributed by atoms with Gasteiger partial charge in [-0.1, -0.05) is 31.2 Å². The van der Waals surface area contributed by atoms with Crippen molar-refractivity contribution >= 4 is 11.4 Å². The Kier molecular flexibility index (Phi) is 5.34. The molecule has 2 aromatic rings. The lowest BCUT2D eigenvalue weighted by Gasteiger charge is -2.25. The molecule has 0 amide bonds. The molecule has 0 saturated heterocycles. The molecule has 2 aromatic carbocycles. The number of benzene rings is 2. The van der Waals surface area contributed by atoms with Crippen molar-refractivity contribution < 1.29 is 4.39 Å². The van der Waals surface area contributed by atoms with E-state index in [0.717, 1.165) is 24.3 Å². The van der Waals surface area contributed by atoms with E-state index in [4.69, 9.17) is 0 Å². The summed E-state index contributed by atoms with van der Waals surface area (Å²) in [6.07, 6.45) is 1.10. The van der Waals surface area contributed by atoms with Crippen LogP contribution in [-0.4, -0.2) is 13.6 Å². The van der Waals surface area contributed by atoms with Crippen LogP contribution < -0.4 is 10.2 Å². The van der Waals surface area contributed by atoms with Gasteiger partial charge in [0.2, 0.25) is 0 Å². The van der Waals surface area contributed by atoms with Gasteiger partial charge in [-0.2, -0.15) is 0 Å². The molecule has 1 N–H and O–H groups in total. The molecule has 0 radical (unpaired) electrons. The second kappa shape index (κ2) is 7.23. The highest BCUT2D eigenvalue weighted by Gasteiger charge is 2.13. The van der Waals surface area contributed by atoms with Crippen molar-refractivity contribution in [2.24, 2.45) is 0 Å². The van der Waals surface area contributed by atoms with Crippen LogP contribution in [0.1, 0.15) is 31.9 Å². The van der Waals surface area contributed by atoms with E-state index in [1.165, 1.54) is 11.6 Å². The number of nitrogens with one attached hydrogen (secondary N) is 1. The minimum Gasteiger partial charge on any atom is -0.344 e. The highest BCUT2D eigenvalue weighted by Crippen LogP contribution is 2.30. The zero-order valence-electron chi connectivity index (χ0n) is 12.9. The molecule has 3 heteroatoms. The van der Waals surface area contributed by atoms with Gasteiger partial charge in [-0.3, -0.25) is 0 Å². The molecule has 0 aliphatic rings. The van der Waals surface area contributed by atoms with Gasteiger partial charge in [-0.05, 0) is 49.7 Å². The first-order chi connectivity index (χ1) is 10.1. The van der Waals surface area contributed by atoms with Crippen molar-refractivity contribution in [3.05, 3.63) is 59.9 Å². The van der Waals surface area contributed by atoms with Gasteiger partial charge in [-0.15, -0.1) is 0 Å². The maximum absolute atomic E-state index is 13.4. The van der Waals surface area contributed by atoms with E-state index in [0.29, 0.717) is 0 Å². The van der Waals surface area contributed by atoms with Gasteiger partial charge in [0.05, 0.1) is 0 Å². The Bertz CT molecular complexity index is 583. The largest absolute Gasteiger partial charge is 0.344 e. The van der Waals surface area contributed by atoms with E-state index in [1.807, 2.05) is 30.1 Å². The summed E-state index contributed by atoms with van der Waals surface area (Å²) >= 11 is 0. The van der Waals surface area contributed by atoms with Gasteiger partial charge in [0.25, 0.3) is 0 Å². The molecule has 112 valence electrons. The lowest BCUT2D eigenvalue weighted by molar-refractivity contribution is 0.571. The fourth-order valence-corrected chi connectivity index (χ4v) is 2.45. The molecule has 0 spiro atoms. The average molecular weight is 286 g/mol. The molecular weight excluding hydrogens is 263 g/mol. The number of halogens is 1. The summed E-state index contributed by atoms with van der Waals surface area (Å²) in [5.41, 5.74) is 3.17. The van der Waals surface area contributed by atoms with Gasteiger partial charge in [0.1, 0.15) is 5.82 Å². The van der Waals surface area contributed by atoms with Gasteiger partial charge in [0.15, 0.2) is 0 Å². The van der Waals surface area contributed by atoms with Crippen molar-refractivity contribution in [1.82, 2.24) is 5.32 Å². The minimum atomic E-state index is -0.214. The predicted molar refractivity (Wildman–Crippen MR) is 87.6 cm³/mol. The molecule has 1 atom stereocenters. The topological polar surface area (TPSA) is 15.3 Å². The molecule has 0 aliphatic carbocycles. The SMILES string of the molecule is CCCNC(C)c1ccccc1N(C)c1cccc(F)c1. The fraction of sp³-hybridized carbons (Fsp3) is 0.333. The molecular formula is C18H23FN2. The summed E-state index contributed by atoms with van der Waals surface area (Å²) in [4.78, 5) is 2.03. The Morgan fingerprint density at radius 1 is 1.14 bits per heavy atom. The number of hydrogen-bond acceptors (Lipinski definition) is 2. The Hall–Kier alpha value is -1.87. The number of nitrogens with zero attached hydrogens (tertiary/aromatic N) is 1. The summed E-state index contributed by atoms with van der Waals surface area (Å²) in [7, 11) is 1.97. The van der Waals surface area contributed by atoms with Gasteiger partial charge in [0, 0.05) is 24.5 Å². The number of para-hydroxylation sites is 1. The second-order valence-corrected chi connectivity index (χ2v) is 5.27. The fourth-order valence-electron chi connectivity index (χ4n) is 2.45. The summed E-state index contributed by atoms with van der Waals surface area (Å²) in [5.74, 6) is -0.214. The molecule has 0 saturated carbocycles. The highest BCUT2D eigenvalue weighted by atomic mass is 19.1. The van der Waals surface area contributed by atoms with Crippen molar-refractivity contribution in [3.63, 3.8) is 0 Å². The van der Waals surface area contributed by atoms with Gasteiger partial charge in [-0.25, -0.2) is 4.39 Å². The Morgan fingerprint density at radius 2 is 1.90 bits per heavy atom. The van der Waals surface area contributed by atoms with E-state index < -0.39 is 0 Å². The van der Waals surface area contributed by atoms with E-state index in [-0.39, 0.29) is 11.9 Å². The first-order valence-electron chi connectivity index (χ1n) is 7.45. The zero-order valence-corrected chi connectivity index (χ0v) is 12.9. The second-order valence-electron chi connectivity index (χ2n) is 5.27. The van der Waals surface area contributed by atoms with Crippen LogP contribution in [0.25, 0.3) is 0 Å². The molecule has 0 heterocycles. The number of rotatable bonds is 6. The van der Waals surface area contributed by atoms with E-state index in [9.17, 15) is 4.39 Å². The zero-order chi connectivity index (χ0) is 15.2. The molecule has 0 aromatic heterocycles. The minimum absolute atomic E-state index is 0.214. The Morgan fingerprint density at radius 3 is 2.62 bits per heavy atom. The molecule has 0 aliphatic heterocycles. The molecule has 21 heavy (non-hydrogen) atoms. The Labute approximate surface area is 126 Å². The van der Waals surface area contributed by atoms with Crippen molar-refractivity contribution in [2.45, 2.75) is 26.3 Å². The standard InChI is InChI=1S/C18H23FN2/c1-4-12-20-14(2)17-10-5-6-11-18(17)21(3)16-9-7-8-15(19)13-16/h5-11,13-14,20H,4,12H2,1-3H3. The molecule has 2 rings (SSSR count). The number of hydrogen-bond donors (Lipinski definition) is 1. The lowest BCUT2D eigenvalue weighted by Crippen LogP contribution is -2.22. The van der Waals surface area contributed by atoms with Crippen molar-refractivity contribution in [1.29, 1.82) is 0 Å². The van der Waals surface area contributed by atoms with E-state index >= 15 is 0 Å². The van der Waals surface area contributed by atoms with Crippen LogP contribution in [0.3, 0.4) is 0 Å². The molecule has 2 nitrogen and oxygen atoms in total. The summed E-state index contributed by atoms with van der Waals surface area (Å²) in [5, 5.41) is 3.51. The quantitative estimate of drug-likeness (QED) is 0.831. The first kappa shape index (κ1) is 15.5. The first-order valence-corrected chi connectivity index (χ1v) is 7.45. The van der Waals surface area contributed by atoms with Crippen LogP contribution in [0.4, 0.5) is 15.8 Å². The van der Waals surface area contributed by atoms with Crippen molar-refractivity contribution in [2.75, 3.05) is 18.5 Å². The van der Waals surface area contributed by atoms with Crippen LogP contribution in [0.15, 0.2) is 48.5 Å². The third kappa shape index (κ3) is 3.82. The normalized spacial score (nSPS) is 12.2.